The normalized spacial score (nSPS) is 15.9. The lowest BCUT2D eigenvalue weighted by atomic mass is 10.3. The van der Waals surface area contributed by atoms with E-state index in [9.17, 15) is 0 Å². The zero-order valence-corrected chi connectivity index (χ0v) is 9.89. The zero-order chi connectivity index (χ0) is 8.36. The molecule has 0 saturated carbocycles. The summed E-state index contributed by atoms with van der Waals surface area (Å²) in [6.07, 6.45) is 0. The van der Waals surface area contributed by atoms with E-state index >= 15 is 0 Å². The second-order valence-electron chi connectivity index (χ2n) is 4.09. The average Bonchev–Trinajstić information content (AvgIpc) is 1.60. The molecule has 1 unspecified atom stereocenters. The summed E-state index contributed by atoms with van der Waals surface area (Å²) >= 11 is 0. The average molecular weight is 178 g/mol. The Morgan fingerprint density at radius 3 is 1.50 bits per heavy atom. The van der Waals surface area contributed by atoms with E-state index in [2.05, 4.69) is 40.8 Å². The lowest BCUT2D eigenvalue weighted by molar-refractivity contribution is 0.787. The maximum Gasteiger partial charge on any atom is -0.0123 e. The van der Waals surface area contributed by atoms with Gasteiger partial charge in [-0.25, -0.2) is 0 Å². The topological polar surface area (TPSA) is 0 Å². The SMILES string of the molecule is CP(C)CP(C)C(C)(C)C. The van der Waals surface area contributed by atoms with Crippen LogP contribution in [-0.2, 0) is 0 Å². The summed E-state index contributed by atoms with van der Waals surface area (Å²) in [4.78, 5) is 0. The summed E-state index contributed by atoms with van der Waals surface area (Å²) in [5, 5.41) is 0.571. The maximum atomic E-state index is 2.43. The molecule has 0 heterocycles. The molecule has 0 spiro atoms. The molecule has 10 heavy (non-hydrogen) atoms. The third kappa shape index (κ3) is 4.64. The van der Waals surface area contributed by atoms with Crippen molar-refractivity contribution >= 4 is 15.8 Å². The molecule has 62 valence electrons. The molecule has 0 aromatic heterocycles. The number of hydrogen-bond acceptors (Lipinski definition) is 0. The van der Waals surface area contributed by atoms with Crippen molar-refractivity contribution in [3.63, 3.8) is 0 Å². The number of rotatable bonds is 2. The fourth-order valence-electron chi connectivity index (χ4n) is 0.636. The maximum absolute atomic E-state index is 2.43. The minimum absolute atomic E-state index is 0.268. The Morgan fingerprint density at radius 2 is 1.40 bits per heavy atom. The monoisotopic (exact) mass is 178 g/mol. The van der Waals surface area contributed by atoms with Crippen LogP contribution in [0.1, 0.15) is 20.8 Å². The van der Waals surface area contributed by atoms with Crippen LogP contribution in [0.2, 0.25) is 0 Å². The van der Waals surface area contributed by atoms with E-state index in [-0.39, 0.29) is 7.92 Å². The van der Waals surface area contributed by atoms with E-state index in [1.807, 2.05) is 0 Å². The Labute approximate surface area is 68.3 Å². The summed E-state index contributed by atoms with van der Waals surface area (Å²) in [6, 6.07) is 0. The Hall–Kier alpha value is 0.860. The molecule has 0 aliphatic heterocycles. The van der Waals surface area contributed by atoms with Gasteiger partial charge in [0, 0.05) is 0 Å². The second-order valence-corrected chi connectivity index (χ2v) is 10.1. The molecule has 0 rings (SSSR count). The Morgan fingerprint density at radius 1 is 1.00 bits per heavy atom. The summed E-state index contributed by atoms with van der Waals surface area (Å²) in [6.45, 7) is 14.3. The first kappa shape index (κ1) is 10.9. The van der Waals surface area contributed by atoms with Crippen LogP contribution in [0.15, 0.2) is 0 Å². The van der Waals surface area contributed by atoms with E-state index in [1.165, 1.54) is 5.90 Å². The predicted molar refractivity (Wildman–Crippen MR) is 56.2 cm³/mol. The van der Waals surface area contributed by atoms with Gasteiger partial charge >= 0.3 is 0 Å². The lowest BCUT2D eigenvalue weighted by Crippen LogP contribution is -2.11. The molecule has 0 saturated heterocycles. The van der Waals surface area contributed by atoms with Crippen molar-refractivity contribution < 1.29 is 0 Å². The van der Waals surface area contributed by atoms with Crippen molar-refractivity contribution in [3.8, 4) is 0 Å². The van der Waals surface area contributed by atoms with Gasteiger partial charge in [-0.2, -0.15) is 0 Å². The van der Waals surface area contributed by atoms with Crippen LogP contribution < -0.4 is 0 Å². The quantitative estimate of drug-likeness (QED) is 0.567. The van der Waals surface area contributed by atoms with Crippen molar-refractivity contribution in [2.45, 2.75) is 25.9 Å². The van der Waals surface area contributed by atoms with Gasteiger partial charge in [0.05, 0.1) is 0 Å². The molecule has 1 atom stereocenters. The molecule has 0 aliphatic carbocycles. The van der Waals surface area contributed by atoms with Crippen molar-refractivity contribution in [3.05, 3.63) is 0 Å². The predicted octanol–water partition coefficient (Wildman–Crippen LogP) is 3.60. The molecule has 0 nitrogen and oxygen atoms in total. The van der Waals surface area contributed by atoms with Crippen molar-refractivity contribution in [1.82, 2.24) is 0 Å². The van der Waals surface area contributed by atoms with Gasteiger partial charge in [-0.15, -0.1) is 7.92 Å². The van der Waals surface area contributed by atoms with Gasteiger partial charge in [0.25, 0.3) is 0 Å². The largest absolute Gasteiger partial charge is 0.109 e. The van der Waals surface area contributed by atoms with E-state index in [0.717, 1.165) is 0 Å². The van der Waals surface area contributed by atoms with Gasteiger partial charge in [0.1, 0.15) is 0 Å². The highest BCUT2D eigenvalue weighted by atomic mass is 31.2. The Balaban J connectivity index is 3.73. The summed E-state index contributed by atoms with van der Waals surface area (Å²) in [7, 11) is 0.592. The third-order valence-electron chi connectivity index (χ3n) is 1.64. The van der Waals surface area contributed by atoms with Crippen LogP contribution >= 0.6 is 15.8 Å². The van der Waals surface area contributed by atoms with Crippen LogP contribution in [0, 0.1) is 0 Å². The fourth-order valence-corrected chi connectivity index (χ4v) is 5.73. The van der Waals surface area contributed by atoms with Gasteiger partial charge in [-0.05, 0) is 31.1 Å². The first-order valence-corrected chi connectivity index (χ1v) is 8.09. The van der Waals surface area contributed by atoms with Crippen LogP contribution in [-0.4, -0.2) is 31.1 Å². The minimum Gasteiger partial charge on any atom is -0.109 e. The van der Waals surface area contributed by atoms with E-state index in [0.29, 0.717) is 13.1 Å². The highest BCUT2D eigenvalue weighted by molar-refractivity contribution is 7.74. The molecular weight excluding hydrogens is 158 g/mol. The zero-order valence-electron chi connectivity index (χ0n) is 8.10. The molecule has 0 amide bonds. The highest BCUT2D eigenvalue weighted by Gasteiger charge is 2.19. The summed E-state index contributed by atoms with van der Waals surface area (Å²) < 4.78 is 0. The molecule has 0 N–H and O–H groups in total. The molecule has 0 fully saturated rings. The Kier molecular flexibility index (Phi) is 4.38. The van der Waals surface area contributed by atoms with Crippen LogP contribution in [0.5, 0.6) is 0 Å². The molecule has 0 aromatic carbocycles. The van der Waals surface area contributed by atoms with Gasteiger partial charge < -0.3 is 0 Å². The molecule has 0 radical (unpaired) electrons. The van der Waals surface area contributed by atoms with Crippen molar-refractivity contribution in [2.24, 2.45) is 0 Å². The van der Waals surface area contributed by atoms with Crippen LogP contribution in [0.25, 0.3) is 0 Å². The molecule has 0 aromatic rings. The molecule has 2 heteroatoms. The molecule has 0 bridgehead atoms. The Bertz CT molecular complexity index is 91.9. The number of hydrogen-bond donors (Lipinski definition) is 0. The van der Waals surface area contributed by atoms with Crippen LogP contribution in [0.3, 0.4) is 0 Å². The third-order valence-corrected chi connectivity index (χ3v) is 7.89. The standard InChI is InChI=1S/C8H20P2/c1-8(2,3)10(6)7-9(4)5/h7H2,1-6H3. The van der Waals surface area contributed by atoms with Gasteiger partial charge in [-0.1, -0.05) is 28.7 Å². The lowest BCUT2D eigenvalue weighted by Gasteiger charge is -2.29. The summed E-state index contributed by atoms with van der Waals surface area (Å²) in [5.74, 6) is 1.48. The molecular formula is C8H20P2. The van der Waals surface area contributed by atoms with Gasteiger partial charge in [0.2, 0.25) is 0 Å². The molecule has 0 aliphatic rings. The minimum atomic E-state index is 0.268. The van der Waals surface area contributed by atoms with Crippen molar-refractivity contribution in [1.29, 1.82) is 0 Å². The second kappa shape index (κ2) is 4.03. The van der Waals surface area contributed by atoms with E-state index in [4.69, 9.17) is 0 Å². The van der Waals surface area contributed by atoms with E-state index in [1.54, 1.807) is 0 Å². The van der Waals surface area contributed by atoms with Gasteiger partial charge in [-0.3, -0.25) is 0 Å². The first-order chi connectivity index (χ1) is 4.34. The smallest absolute Gasteiger partial charge is 0.0123 e. The fraction of sp³-hybridized carbons (Fsp3) is 1.00. The van der Waals surface area contributed by atoms with E-state index < -0.39 is 0 Å². The first-order valence-electron chi connectivity index (χ1n) is 3.70. The highest BCUT2D eigenvalue weighted by Crippen LogP contribution is 2.53. The summed E-state index contributed by atoms with van der Waals surface area (Å²) in [5.41, 5.74) is 0. The van der Waals surface area contributed by atoms with Gasteiger partial charge in [0.15, 0.2) is 0 Å². The van der Waals surface area contributed by atoms with Crippen LogP contribution in [0.4, 0.5) is 0 Å². The van der Waals surface area contributed by atoms with Crippen molar-refractivity contribution in [2.75, 3.05) is 25.9 Å².